The second kappa shape index (κ2) is 7.60. The van der Waals surface area contributed by atoms with Crippen LogP contribution in [-0.4, -0.2) is 12.2 Å². The molecule has 0 unspecified atom stereocenters. The molecule has 0 heterocycles. The molecule has 0 saturated carbocycles. The van der Waals surface area contributed by atoms with Gasteiger partial charge in [0.15, 0.2) is 5.75 Å². The summed E-state index contributed by atoms with van der Waals surface area (Å²) in [4.78, 5) is 0. The van der Waals surface area contributed by atoms with E-state index < -0.39 is 5.60 Å². The average molecular weight is 372 g/mol. The van der Waals surface area contributed by atoms with E-state index in [1.54, 1.807) is 0 Å². The van der Waals surface area contributed by atoms with Gasteiger partial charge in [0, 0.05) is 5.41 Å². The van der Waals surface area contributed by atoms with E-state index in [1.807, 2.05) is 64.1 Å². The average Bonchev–Trinajstić information content (AvgIpc) is 2.56. The minimum Gasteiger partial charge on any atom is -0.494 e. The first-order valence-electron chi connectivity index (χ1n) is 8.75. The van der Waals surface area contributed by atoms with Crippen molar-refractivity contribution in [1.29, 1.82) is 5.26 Å². The van der Waals surface area contributed by atoms with Crippen molar-refractivity contribution in [1.82, 2.24) is 0 Å². The standard InChI is InChI=1S/C22H26ClNO2/c1-7-25-18-10-8-16(9-11-18)22(5,6)17-12-15(14-24)20(19(23)13-17)26-21(2,3)4/h8-13H,7H2,1-6H3. The molecule has 0 atom stereocenters. The predicted octanol–water partition coefficient (Wildman–Crippen LogP) is 6.11. The van der Waals surface area contributed by atoms with Gasteiger partial charge in [0.1, 0.15) is 17.4 Å². The Kier molecular flexibility index (Phi) is 5.88. The van der Waals surface area contributed by atoms with Crippen LogP contribution in [0.2, 0.25) is 5.02 Å². The number of hydrogen-bond donors (Lipinski definition) is 0. The highest BCUT2D eigenvalue weighted by molar-refractivity contribution is 6.32. The number of hydrogen-bond acceptors (Lipinski definition) is 3. The minimum absolute atomic E-state index is 0.319. The van der Waals surface area contributed by atoms with Crippen LogP contribution < -0.4 is 9.47 Å². The van der Waals surface area contributed by atoms with Gasteiger partial charge in [-0.25, -0.2) is 0 Å². The molecule has 0 saturated heterocycles. The van der Waals surface area contributed by atoms with Gasteiger partial charge < -0.3 is 9.47 Å². The van der Waals surface area contributed by atoms with E-state index in [4.69, 9.17) is 21.1 Å². The first-order chi connectivity index (χ1) is 12.1. The summed E-state index contributed by atoms with van der Waals surface area (Å²) in [6, 6.07) is 14.0. The molecule has 138 valence electrons. The third kappa shape index (κ3) is 4.51. The van der Waals surface area contributed by atoms with Crippen LogP contribution in [0.5, 0.6) is 11.5 Å². The fourth-order valence-corrected chi connectivity index (χ4v) is 3.01. The van der Waals surface area contributed by atoms with Gasteiger partial charge in [-0.05, 0) is 63.1 Å². The zero-order valence-corrected chi connectivity index (χ0v) is 17.1. The molecule has 2 rings (SSSR count). The molecule has 0 aliphatic carbocycles. The van der Waals surface area contributed by atoms with Gasteiger partial charge in [-0.3, -0.25) is 0 Å². The van der Waals surface area contributed by atoms with Crippen molar-refractivity contribution < 1.29 is 9.47 Å². The van der Waals surface area contributed by atoms with Crippen LogP contribution in [0, 0.1) is 11.3 Å². The fourth-order valence-electron chi connectivity index (χ4n) is 2.75. The lowest BCUT2D eigenvalue weighted by molar-refractivity contribution is 0.130. The van der Waals surface area contributed by atoms with Gasteiger partial charge in [-0.1, -0.05) is 37.6 Å². The SMILES string of the molecule is CCOc1ccc(C(C)(C)c2cc(Cl)c(OC(C)(C)C)c(C#N)c2)cc1. The van der Waals surface area contributed by atoms with Crippen LogP contribution in [-0.2, 0) is 5.41 Å². The molecule has 0 amide bonds. The Morgan fingerprint density at radius 3 is 2.12 bits per heavy atom. The normalized spacial score (nSPS) is 11.8. The fraction of sp³-hybridized carbons (Fsp3) is 0.409. The molecule has 0 spiro atoms. The summed E-state index contributed by atoms with van der Waals surface area (Å²) in [6.07, 6.45) is 0. The number of halogens is 1. The molecule has 0 aliphatic heterocycles. The first-order valence-corrected chi connectivity index (χ1v) is 9.12. The third-order valence-electron chi connectivity index (χ3n) is 4.18. The van der Waals surface area contributed by atoms with Crippen molar-refractivity contribution in [3.8, 4) is 17.6 Å². The number of benzene rings is 2. The topological polar surface area (TPSA) is 42.2 Å². The highest BCUT2D eigenvalue weighted by atomic mass is 35.5. The number of nitrogens with zero attached hydrogens (tertiary/aromatic N) is 1. The molecular weight excluding hydrogens is 346 g/mol. The third-order valence-corrected chi connectivity index (χ3v) is 4.46. The molecule has 3 nitrogen and oxygen atoms in total. The quantitative estimate of drug-likeness (QED) is 0.636. The number of nitriles is 1. The molecule has 0 aromatic heterocycles. The van der Waals surface area contributed by atoms with Gasteiger partial charge in [-0.2, -0.15) is 5.26 Å². The molecule has 0 radical (unpaired) electrons. The van der Waals surface area contributed by atoms with Crippen molar-refractivity contribution >= 4 is 11.6 Å². The Morgan fingerprint density at radius 1 is 1.00 bits per heavy atom. The van der Waals surface area contributed by atoms with E-state index >= 15 is 0 Å². The first kappa shape index (κ1) is 20.1. The Labute approximate surface area is 161 Å². The van der Waals surface area contributed by atoms with Crippen molar-refractivity contribution in [2.24, 2.45) is 0 Å². The molecule has 4 heteroatoms. The molecule has 0 N–H and O–H groups in total. The molecule has 26 heavy (non-hydrogen) atoms. The summed E-state index contributed by atoms with van der Waals surface area (Å²) in [5.41, 5.74) is 1.78. The lowest BCUT2D eigenvalue weighted by Gasteiger charge is -2.28. The van der Waals surface area contributed by atoms with Gasteiger partial charge in [0.05, 0.1) is 17.2 Å². The Balaban J connectivity index is 2.46. The largest absolute Gasteiger partial charge is 0.494 e. The lowest BCUT2D eigenvalue weighted by Crippen LogP contribution is -2.24. The lowest BCUT2D eigenvalue weighted by atomic mass is 9.77. The van der Waals surface area contributed by atoms with Gasteiger partial charge in [0.2, 0.25) is 0 Å². The van der Waals surface area contributed by atoms with E-state index in [9.17, 15) is 5.26 Å². The van der Waals surface area contributed by atoms with Crippen LogP contribution in [0.4, 0.5) is 0 Å². The predicted molar refractivity (Wildman–Crippen MR) is 106 cm³/mol. The zero-order valence-electron chi connectivity index (χ0n) is 16.3. The van der Waals surface area contributed by atoms with Crippen LogP contribution in [0.3, 0.4) is 0 Å². The molecule has 2 aromatic carbocycles. The van der Waals surface area contributed by atoms with Gasteiger partial charge in [0.25, 0.3) is 0 Å². The molecule has 0 bridgehead atoms. The van der Waals surface area contributed by atoms with Gasteiger partial charge in [-0.15, -0.1) is 0 Å². The van der Waals surface area contributed by atoms with Gasteiger partial charge >= 0.3 is 0 Å². The number of rotatable bonds is 5. The second-order valence-electron chi connectivity index (χ2n) is 7.74. The maximum absolute atomic E-state index is 9.59. The maximum Gasteiger partial charge on any atom is 0.156 e. The van der Waals surface area contributed by atoms with E-state index in [0.717, 1.165) is 16.9 Å². The highest BCUT2D eigenvalue weighted by Gasteiger charge is 2.27. The summed E-state index contributed by atoms with van der Waals surface area (Å²) in [6.45, 7) is 12.6. The van der Waals surface area contributed by atoms with Crippen molar-refractivity contribution in [2.75, 3.05) is 6.61 Å². The summed E-state index contributed by atoms with van der Waals surface area (Å²) >= 11 is 6.48. The van der Waals surface area contributed by atoms with Crippen molar-refractivity contribution in [3.63, 3.8) is 0 Å². The molecule has 0 fully saturated rings. The van der Waals surface area contributed by atoms with Crippen molar-refractivity contribution in [3.05, 3.63) is 58.1 Å². The summed E-state index contributed by atoms with van der Waals surface area (Å²) in [5.74, 6) is 1.28. The molecular formula is C22H26ClNO2. The van der Waals surface area contributed by atoms with E-state index in [-0.39, 0.29) is 5.41 Å². The Bertz CT molecular complexity index is 812. The number of ether oxygens (including phenoxy) is 2. The minimum atomic E-state index is -0.429. The summed E-state index contributed by atoms with van der Waals surface area (Å²) in [5, 5.41) is 10.0. The Morgan fingerprint density at radius 2 is 1.62 bits per heavy atom. The van der Waals surface area contributed by atoms with Crippen LogP contribution >= 0.6 is 11.6 Å². The highest BCUT2D eigenvalue weighted by Crippen LogP contribution is 2.39. The summed E-state index contributed by atoms with van der Waals surface area (Å²) in [7, 11) is 0. The maximum atomic E-state index is 9.59. The molecule has 0 aliphatic rings. The second-order valence-corrected chi connectivity index (χ2v) is 8.15. The van der Waals surface area contributed by atoms with E-state index in [2.05, 4.69) is 19.9 Å². The smallest absolute Gasteiger partial charge is 0.156 e. The van der Waals surface area contributed by atoms with E-state index in [1.165, 1.54) is 0 Å². The van der Waals surface area contributed by atoms with Crippen LogP contribution in [0.1, 0.15) is 58.2 Å². The van der Waals surface area contributed by atoms with Crippen LogP contribution in [0.25, 0.3) is 0 Å². The van der Waals surface area contributed by atoms with E-state index in [0.29, 0.717) is 22.9 Å². The summed E-state index contributed by atoms with van der Waals surface area (Å²) < 4.78 is 11.4. The molecule has 2 aromatic rings. The Hall–Kier alpha value is -2.18. The zero-order chi connectivity index (χ0) is 19.5. The van der Waals surface area contributed by atoms with Crippen LogP contribution in [0.15, 0.2) is 36.4 Å². The van der Waals surface area contributed by atoms with Crippen molar-refractivity contribution in [2.45, 2.75) is 52.6 Å². The monoisotopic (exact) mass is 371 g/mol.